The van der Waals surface area contributed by atoms with E-state index in [1.807, 2.05) is 0 Å². The van der Waals surface area contributed by atoms with Gasteiger partial charge in [-0.3, -0.25) is 0 Å². The lowest BCUT2D eigenvalue weighted by molar-refractivity contribution is 0.297. The van der Waals surface area contributed by atoms with Crippen LogP contribution < -0.4 is 10.1 Å². The van der Waals surface area contributed by atoms with E-state index in [1.165, 1.54) is 0 Å². The summed E-state index contributed by atoms with van der Waals surface area (Å²) in [6.07, 6.45) is 0. The van der Waals surface area contributed by atoms with E-state index in [9.17, 15) is 0 Å². The Morgan fingerprint density at radius 2 is 1.71 bits per heavy atom. The maximum atomic E-state index is 5.87. The quantitative estimate of drug-likeness (QED) is 0.793. The van der Waals surface area contributed by atoms with Gasteiger partial charge in [0.15, 0.2) is 0 Å². The van der Waals surface area contributed by atoms with Gasteiger partial charge in [0, 0.05) is 22.6 Å². The smallest absolute Gasteiger partial charge is 0.122 e. The average Bonchev–Trinajstić information content (AvgIpc) is 2.22. The van der Waals surface area contributed by atoms with E-state index < -0.39 is 0 Å². The number of halogens is 2. The van der Waals surface area contributed by atoms with Crippen LogP contribution in [0.2, 0.25) is 10.0 Å². The zero-order valence-electron chi connectivity index (χ0n) is 10.5. The first kappa shape index (κ1) is 14.6. The molecule has 0 heterocycles. The fourth-order valence-electron chi connectivity index (χ4n) is 1.30. The Labute approximate surface area is 113 Å². The fourth-order valence-corrected chi connectivity index (χ4v) is 1.81. The van der Waals surface area contributed by atoms with Crippen molar-refractivity contribution in [1.82, 2.24) is 5.32 Å². The van der Waals surface area contributed by atoms with Gasteiger partial charge in [0.05, 0.1) is 0 Å². The number of nitrogens with one attached hydrogen (secondary N) is 1. The molecular weight excluding hydrogens is 257 g/mol. The van der Waals surface area contributed by atoms with Crippen LogP contribution in [0.3, 0.4) is 0 Å². The lowest BCUT2D eigenvalue weighted by Gasteiger charge is -2.17. The van der Waals surface area contributed by atoms with Crippen LogP contribution in [0.5, 0.6) is 5.75 Å². The second kappa shape index (κ2) is 7.10. The minimum absolute atomic E-state index is 0.488. The molecule has 2 nitrogen and oxygen atoms in total. The molecule has 4 heteroatoms. The van der Waals surface area contributed by atoms with Gasteiger partial charge in [0.1, 0.15) is 12.4 Å². The molecule has 1 atom stereocenters. The van der Waals surface area contributed by atoms with Gasteiger partial charge >= 0.3 is 0 Å². The van der Waals surface area contributed by atoms with Crippen LogP contribution >= 0.6 is 23.2 Å². The van der Waals surface area contributed by atoms with Crippen LogP contribution in [0, 0.1) is 5.92 Å². The van der Waals surface area contributed by atoms with Crippen molar-refractivity contribution >= 4 is 23.2 Å². The highest BCUT2D eigenvalue weighted by Gasteiger charge is 2.05. The molecule has 0 saturated carbocycles. The first-order valence-corrected chi connectivity index (χ1v) is 6.57. The van der Waals surface area contributed by atoms with Gasteiger partial charge in [-0.1, -0.05) is 37.0 Å². The predicted molar refractivity (Wildman–Crippen MR) is 74.3 cm³/mol. The van der Waals surface area contributed by atoms with E-state index in [0.717, 1.165) is 6.54 Å². The summed E-state index contributed by atoms with van der Waals surface area (Å²) >= 11 is 11.7. The Morgan fingerprint density at radius 1 is 1.12 bits per heavy atom. The third-order valence-electron chi connectivity index (χ3n) is 2.67. The van der Waals surface area contributed by atoms with Crippen molar-refractivity contribution in [3.8, 4) is 5.75 Å². The molecule has 0 spiro atoms. The second-order valence-corrected chi connectivity index (χ2v) is 5.31. The molecule has 1 N–H and O–H groups in total. The van der Waals surface area contributed by atoms with Gasteiger partial charge < -0.3 is 10.1 Å². The van der Waals surface area contributed by atoms with Crippen LogP contribution in [0.1, 0.15) is 20.8 Å². The Morgan fingerprint density at radius 3 is 2.24 bits per heavy atom. The monoisotopic (exact) mass is 275 g/mol. The van der Waals surface area contributed by atoms with E-state index in [-0.39, 0.29) is 0 Å². The molecule has 0 fully saturated rings. The van der Waals surface area contributed by atoms with Crippen LogP contribution in [0.25, 0.3) is 0 Å². The van der Waals surface area contributed by atoms with Crippen molar-refractivity contribution in [2.45, 2.75) is 26.8 Å². The highest BCUT2D eigenvalue weighted by molar-refractivity contribution is 6.34. The maximum Gasteiger partial charge on any atom is 0.122 e. The topological polar surface area (TPSA) is 21.3 Å². The van der Waals surface area contributed by atoms with E-state index in [1.54, 1.807) is 18.2 Å². The van der Waals surface area contributed by atoms with Crippen molar-refractivity contribution < 1.29 is 4.74 Å². The summed E-state index contributed by atoms with van der Waals surface area (Å²) in [4.78, 5) is 0. The zero-order valence-corrected chi connectivity index (χ0v) is 12.0. The molecule has 1 unspecified atom stereocenters. The van der Waals surface area contributed by atoms with Crippen molar-refractivity contribution in [3.63, 3.8) is 0 Å². The molecule has 0 saturated heterocycles. The van der Waals surface area contributed by atoms with Gasteiger partial charge in [-0.2, -0.15) is 0 Å². The van der Waals surface area contributed by atoms with Gasteiger partial charge in [-0.25, -0.2) is 0 Å². The number of hydrogen-bond acceptors (Lipinski definition) is 2. The van der Waals surface area contributed by atoms with E-state index in [2.05, 4.69) is 26.1 Å². The summed E-state index contributed by atoms with van der Waals surface area (Å²) in [5.41, 5.74) is 0. The molecule has 0 aliphatic carbocycles. The normalized spacial score (nSPS) is 12.8. The number of rotatable bonds is 6. The molecule has 1 aromatic rings. The molecule has 1 rings (SSSR count). The van der Waals surface area contributed by atoms with Crippen molar-refractivity contribution in [3.05, 3.63) is 28.2 Å². The lowest BCUT2D eigenvalue weighted by atomic mass is 10.1. The summed E-state index contributed by atoms with van der Waals surface area (Å²) in [6.45, 7) is 7.96. The summed E-state index contributed by atoms with van der Waals surface area (Å²) < 4.78 is 5.57. The first-order valence-electron chi connectivity index (χ1n) is 5.81. The van der Waals surface area contributed by atoms with Gasteiger partial charge in [0.25, 0.3) is 0 Å². The van der Waals surface area contributed by atoms with Crippen molar-refractivity contribution in [1.29, 1.82) is 0 Å². The minimum atomic E-state index is 0.488. The van der Waals surface area contributed by atoms with E-state index >= 15 is 0 Å². The van der Waals surface area contributed by atoms with Gasteiger partial charge in [0.2, 0.25) is 0 Å². The number of benzene rings is 1. The Hall–Kier alpha value is -0.440. The summed E-state index contributed by atoms with van der Waals surface area (Å²) in [7, 11) is 0. The largest absolute Gasteiger partial charge is 0.492 e. The minimum Gasteiger partial charge on any atom is -0.492 e. The van der Waals surface area contributed by atoms with Crippen molar-refractivity contribution in [2.24, 2.45) is 5.92 Å². The number of ether oxygens (including phenoxy) is 1. The number of hydrogen-bond donors (Lipinski definition) is 1. The van der Waals surface area contributed by atoms with Crippen LogP contribution in [-0.2, 0) is 0 Å². The second-order valence-electron chi connectivity index (χ2n) is 4.44. The molecule has 0 amide bonds. The first-order chi connectivity index (χ1) is 7.99. The lowest BCUT2D eigenvalue weighted by Crippen LogP contribution is -2.33. The van der Waals surface area contributed by atoms with Crippen LogP contribution in [-0.4, -0.2) is 19.2 Å². The Bertz CT molecular complexity index is 335. The van der Waals surface area contributed by atoms with Crippen molar-refractivity contribution in [2.75, 3.05) is 13.2 Å². The fraction of sp³-hybridized carbons (Fsp3) is 0.538. The van der Waals surface area contributed by atoms with Crippen LogP contribution in [0.15, 0.2) is 18.2 Å². The van der Waals surface area contributed by atoms with E-state index in [0.29, 0.717) is 34.4 Å². The third-order valence-corrected chi connectivity index (χ3v) is 3.11. The van der Waals surface area contributed by atoms with Crippen LogP contribution in [0.4, 0.5) is 0 Å². The molecule has 0 bridgehead atoms. The molecule has 0 radical (unpaired) electrons. The average molecular weight is 276 g/mol. The molecule has 0 aromatic heterocycles. The van der Waals surface area contributed by atoms with Gasteiger partial charge in [-0.05, 0) is 31.0 Å². The Kier molecular flexibility index (Phi) is 6.10. The van der Waals surface area contributed by atoms with E-state index in [4.69, 9.17) is 27.9 Å². The molecule has 96 valence electrons. The zero-order chi connectivity index (χ0) is 12.8. The summed E-state index contributed by atoms with van der Waals surface area (Å²) in [5.74, 6) is 1.33. The molecule has 17 heavy (non-hydrogen) atoms. The molecule has 0 aliphatic heterocycles. The standard InChI is InChI=1S/C13H19Cl2NO/c1-9(2)10(3)16-4-5-17-13-7-11(14)6-12(15)8-13/h6-10,16H,4-5H2,1-3H3. The highest BCUT2D eigenvalue weighted by Crippen LogP contribution is 2.23. The maximum absolute atomic E-state index is 5.87. The predicted octanol–water partition coefficient (Wildman–Crippen LogP) is 4.01. The molecular formula is C13H19Cl2NO. The van der Waals surface area contributed by atoms with Gasteiger partial charge in [-0.15, -0.1) is 0 Å². The third kappa shape index (κ3) is 5.62. The summed E-state index contributed by atoms with van der Waals surface area (Å²) in [6, 6.07) is 5.70. The summed E-state index contributed by atoms with van der Waals surface area (Å²) in [5, 5.41) is 4.58. The molecule has 0 aliphatic rings. The Balaban J connectivity index is 2.31. The molecule has 1 aromatic carbocycles. The highest BCUT2D eigenvalue weighted by atomic mass is 35.5. The SMILES string of the molecule is CC(C)C(C)NCCOc1cc(Cl)cc(Cl)c1.